The van der Waals surface area contributed by atoms with Gasteiger partial charge in [-0.1, -0.05) is 0 Å². The van der Waals surface area contributed by atoms with Gasteiger partial charge in [-0.15, -0.1) is 0 Å². The highest BCUT2D eigenvalue weighted by molar-refractivity contribution is 7.99. The third-order valence-corrected chi connectivity index (χ3v) is 6.83. The molecular formula is C15H26N2OS. The van der Waals surface area contributed by atoms with Crippen molar-refractivity contribution in [2.24, 2.45) is 0 Å². The zero-order valence-electron chi connectivity index (χ0n) is 11.8. The molecule has 4 heteroatoms. The van der Waals surface area contributed by atoms with Crippen LogP contribution in [0.5, 0.6) is 0 Å². The molecular weight excluding hydrogens is 256 g/mol. The fourth-order valence-electron chi connectivity index (χ4n) is 4.48. The molecule has 0 saturated carbocycles. The normalized spacial score (nSPS) is 47.7. The van der Waals surface area contributed by atoms with Crippen LogP contribution in [0.4, 0.5) is 0 Å². The average Bonchev–Trinajstić information content (AvgIpc) is 2.97. The minimum Gasteiger partial charge on any atom is -0.374 e. The summed E-state index contributed by atoms with van der Waals surface area (Å²) in [4.78, 5) is 2.80. The highest BCUT2D eigenvalue weighted by Gasteiger charge is 2.43. The van der Waals surface area contributed by atoms with Crippen LogP contribution in [-0.4, -0.2) is 59.8 Å². The molecule has 19 heavy (non-hydrogen) atoms. The monoisotopic (exact) mass is 282 g/mol. The lowest BCUT2D eigenvalue weighted by Crippen LogP contribution is -2.50. The van der Waals surface area contributed by atoms with Gasteiger partial charge in [0.05, 0.1) is 5.60 Å². The van der Waals surface area contributed by atoms with E-state index in [0.717, 1.165) is 24.7 Å². The number of hydrogen-bond acceptors (Lipinski definition) is 4. The molecule has 4 aliphatic heterocycles. The van der Waals surface area contributed by atoms with Crippen molar-refractivity contribution in [1.29, 1.82) is 0 Å². The van der Waals surface area contributed by atoms with E-state index in [9.17, 15) is 0 Å². The van der Waals surface area contributed by atoms with E-state index in [4.69, 9.17) is 4.74 Å². The van der Waals surface area contributed by atoms with Crippen molar-refractivity contribution >= 4 is 11.8 Å². The van der Waals surface area contributed by atoms with Gasteiger partial charge in [0, 0.05) is 37.0 Å². The van der Waals surface area contributed by atoms with Crippen LogP contribution < -0.4 is 5.32 Å². The molecule has 4 aliphatic rings. The number of ether oxygens (including phenoxy) is 1. The summed E-state index contributed by atoms with van der Waals surface area (Å²) in [5.74, 6) is 2.54. The minimum atomic E-state index is 0.242. The number of fused-ring (bicyclic) bond motifs is 2. The SMILES string of the molecule is C1CC(N2CCC3CCC(C2)N3)CC2(CCSC2)O1. The van der Waals surface area contributed by atoms with E-state index in [1.54, 1.807) is 0 Å². The zero-order valence-corrected chi connectivity index (χ0v) is 12.6. The molecule has 0 aromatic rings. The summed E-state index contributed by atoms with van der Waals surface area (Å²) < 4.78 is 6.18. The van der Waals surface area contributed by atoms with Crippen molar-refractivity contribution in [2.75, 3.05) is 31.2 Å². The van der Waals surface area contributed by atoms with Crippen LogP contribution in [0.1, 0.15) is 38.5 Å². The average molecular weight is 282 g/mol. The van der Waals surface area contributed by atoms with Gasteiger partial charge in [-0.05, 0) is 50.8 Å². The first-order valence-corrected chi connectivity index (χ1v) is 9.20. The maximum atomic E-state index is 6.18. The number of nitrogens with one attached hydrogen (secondary N) is 1. The Morgan fingerprint density at radius 2 is 2.11 bits per heavy atom. The molecule has 0 aromatic carbocycles. The first-order valence-electron chi connectivity index (χ1n) is 8.05. The van der Waals surface area contributed by atoms with Gasteiger partial charge >= 0.3 is 0 Å². The van der Waals surface area contributed by atoms with E-state index in [1.165, 1.54) is 63.1 Å². The lowest BCUT2D eigenvalue weighted by Gasteiger charge is -2.43. The van der Waals surface area contributed by atoms with Crippen LogP contribution in [-0.2, 0) is 4.74 Å². The van der Waals surface area contributed by atoms with Crippen molar-refractivity contribution in [2.45, 2.75) is 62.3 Å². The fraction of sp³-hybridized carbons (Fsp3) is 1.00. The Bertz CT molecular complexity index is 332. The molecule has 3 nitrogen and oxygen atoms in total. The lowest BCUT2D eigenvalue weighted by atomic mass is 9.88. The molecule has 108 valence electrons. The van der Waals surface area contributed by atoms with E-state index in [2.05, 4.69) is 22.0 Å². The molecule has 2 bridgehead atoms. The molecule has 4 unspecified atom stereocenters. The molecule has 4 atom stereocenters. The summed E-state index contributed by atoms with van der Waals surface area (Å²) in [7, 11) is 0. The Labute approximate surface area is 120 Å². The third-order valence-electron chi connectivity index (χ3n) is 5.61. The van der Waals surface area contributed by atoms with Gasteiger partial charge in [0.25, 0.3) is 0 Å². The molecule has 0 aromatic heterocycles. The van der Waals surface area contributed by atoms with Gasteiger partial charge < -0.3 is 10.1 Å². The fourth-order valence-corrected chi connectivity index (χ4v) is 5.86. The van der Waals surface area contributed by atoms with E-state index >= 15 is 0 Å². The molecule has 0 aliphatic carbocycles. The number of hydrogen-bond donors (Lipinski definition) is 1. The Morgan fingerprint density at radius 3 is 3.00 bits per heavy atom. The first kappa shape index (κ1) is 12.9. The van der Waals surface area contributed by atoms with E-state index in [1.807, 2.05) is 0 Å². The number of nitrogens with zero attached hydrogens (tertiary/aromatic N) is 1. The predicted octanol–water partition coefficient (Wildman–Crippen LogP) is 1.87. The largest absolute Gasteiger partial charge is 0.374 e. The third kappa shape index (κ3) is 2.57. The number of likely N-dealkylation sites (tertiary alicyclic amines) is 1. The van der Waals surface area contributed by atoms with Crippen LogP contribution in [0.25, 0.3) is 0 Å². The minimum absolute atomic E-state index is 0.242. The van der Waals surface area contributed by atoms with Crippen LogP contribution in [0, 0.1) is 0 Å². The summed E-state index contributed by atoms with van der Waals surface area (Å²) in [5.41, 5.74) is 0.242. The summed E-state index contributed by atoms with van der Waals surface area (Å²) in [5, 5.41) is 3.81. The quantitative estimate of drug-likeness (QED) is 0.793. The van der Waals surface area contributed by atoms with Gasteiger partial charge in [0.1, 0.15) is 0 Å². The highest BCUT2D eigenvalue weighted by atomic mass is 32.2. The smallest absolute Gasteiger partial charge is 0.0795 e. The van der Waals surface area contributed by atoms with Crippen molar-refractivity contribution < 1.29 is 4.74 Å². The Balaban J connectivity index is 1.43. The van der Waals surface area contributed by atoms with Crippen LogP contribution >= 0.6 is 11.8 Å². The first-order chi connectivity index (χ1) is 9.33. The molecule has 1 N–H and O–H groups in total. The second-order valence-corrected chi connectivity index (χ2v) is 8.01. The molecule has 1 spiro atoms. The molecule has 4 heterocycles. The number of thioether (sulfide) groups is 1. The van der Waals surface area contributed by atoms with E-state index in [0.29, 0.717) is 0 Å². The van der Waals surface area contributed by atoms with Gasteiger partial charge in [0.15, 0.2) is 0 Å². The van der Waals surface area contributed by atoms with E-state index < -0.39 is 0 Å². The topological polar surface area (TPSA) is 24.5 Å². The van der Waals surface area contributed by atoms with Gasteiger partial charge in [-0.3, -0.25) is 4.90 Å². The Kier molecular flexibility index (Phi) is 3.55. The summed E-state index contributed by atoms with van der Waals surface area (Å²) in [6, 6.07) is 2.36. The van der Waals surface area contributed by atoms with Crippen molar-refractivity contribution in [3.8, 4) is 0 Å². The van der Waals surface area contributed by atoms with Crippen LogP contribution in [0.3, 0.4) is 0 Å². The second kappa shape index (κ2) is 5.21. The summed E-state index contributed by atoms with van der Waals surface area (Å²) >= 11 is 2.09. The molecule has 0 amide bonds. The number of rotatable bonds is 1. The molecule has 0 radical (unpaired) electrons. The van der Waals surface area contributed by atoms with Crippen LogP contribution in [0.2, 0.25) is 0 Å². The molecule has 4 fully saturated rings. The Hall–Kier alpha value is 0.230. The van der Waals surface area contributed by atoms with Crippen molar-refractivity contribution in [3.63, 3.8) is 0 Å². The van der Waals surface area contributed by atoms with Crippen LogP contribution in [0.15, 0.2) is 0 Å². The van der Waals surface area contributed by atoms with E-state index in [-0.39, 0.29) is 5.60 Å². The van der Waals surface area contributed by atoms with Crippen molar-refractivity contribution in [3.05, 3.63) is 0 Å². The highest BCUT2D eigenvalue weighted by Crippen LogP contribution is 2.40. The Morgan fingerprint density at radius 1 is 1.16 bits per heavy atom. The predicted molar refractivity (Wildman–Crippen MR) is 79.8 cm³/mol. The zero-order chi connectivity index (χ0) is 12.7. The van der Waals surface area contributed by atoms with Gasteiger partial charge in [-0.25, -0.2) is 0 Å². The van der Waals surface area contributed by atoms with Gasteiger partial charge in [0.2, 0.25) is 0 Å². The summed E-state index contributed by atoms with van der Waals surface area (Å²) in [6.07, 6.45) is 7.99. The summed E-state index contributed by atoms with van der Waals surface area (Å²) in [6.45, 7) is 3.58. The molecule has 4 rings (SSSR count). The second-order valence-electron chi connectivity index (χ2n) is 6.90. The van der Waals surface area contributed by atoms with Gasteiger partial charge in [-0.2, -0.15) is 11.8 Å². The van der Waals surface area contributed by atoms with Crippen molar-refractivity contribution in [1.82, 2.24) is 10.2 Å². The lowest BCUT2D eigenvalue weighted by molar-refractivity contribution is -0.0899. The maximum Gasteiger partial charge on any atom is 0.0795 e. The standard InChI is InChI=1S/C15H26N2OS/c1-2-13-10-17(6-3-12(1)16-13)14-4-7-18-15(9-14)5-8-19-11-15/h12-14,16H,1-11H2. The molecule has 4 saturated heterocycles. The maximum absolute atomic E-state index is 6.18.